The third kappa shape index (κ3) is 2.20. The topological polar surface area (TPSA) is 23.5 Å². The summed E-state index contributed by atoms with van der Waals surface area (Å²) in [6, 6.07) is 0.571. The Kier molecular flexibility index (Phi) is 3.53. The standard InChI is InChI=1S/C10H21NO/c1-4-5-10(12)11-7-8(2)6-9(11)3/h8-10,12H,4-7H2,1-3H3/t8-,9+,10?/m0/s1. The Hall–Kier alpha value is -0.0800. The summed E-state index contributed by atoms with van der Waals surface area (Å²) in [7, 11) is 0. The highest BCUT2D eigenvalue weighted by Crippen LogP contribution is 2.24. The summed E-state index contributed by atoms with van der Waals surface area (Å²) >= 11 is 0. The molecule has 1 N–H and O–H groups in total. The van der Waals surface area contributed by atoms with Gasteiger partial charge in [-0.2, -0.15) is 0 Å². The van der Waals surface area contributed by atoms with Crippen molar-refractivity contribution in [2.75, 3.05) is 6.54 Å². The van der Waals surface area contributed by atoms with Crippen molar-refractivity contribution in [3.8, 4) is 0 Å². The average molecular weight is 171 g/mol. The van der Waals surface area contributed by atoms with Crippen molar-refractivity contribution < 1.29 is 5.11 Å². The monoisotopic (exact) mass is 171 g/mol. The van der Waals surface area contributed by atoms with Crippen LogP contribution in [0.3, 0.4) is 0 Å². The van der Waals surface area contributed by atoms with Gasteiger partial charge in [-0.05, 0) is 25.7 Å². The van der Waals surface area contributed by atoms with Crippen LogP contribution in [0.1, 0.15) is 40.0 Å². The molecule has 2 heteroatoms. The van der Waals surface area contributed by atoms with Crippen molar-refractivity contribution in [1.82, 2.24) is 4.90 Å². The Morgan fingerprint density at radius 2 is 2.17 bits per heavy atom. The summed E-state index contributed by atoms with van der Waals surface area (Å²) in [6.45, 7) is 7.66. The lowest BCUT2D eigenvalue weighted by atomic mass is 10.1. The molecule has 1 unspecified atom stereocenters. The predicted octanol–water partition coefficient (Wildman–Crippen LogP) is 1.84. The molecule has 0 aromatic rings. The molecule has 0 aromatic heterocycles. The molecule has 0 saturated carbocycles. The van der Waals surface area contributed by atoms with Crippen LogP contribution in [-0.2, 0) is 0 Å². The van der Waals surface area contributed by atoms with Gasteiger partial charge in [0, 0.05) is 12.6 Å². The highest BCUT2D eigenvalue weighted by atomic mass is 16.3. The fraction of sp³-hybridized carbons (Fsp3) is 1.00. The fourth-order valence-electron chi connectivity index (χ4n) is 2.17. The van der Waals surface area contributed by atoms with Crippen molar-refractivity contribution in [2.45, 2.75) is 52.3 Å². The second-order valence-corrected chi connectivity index (χ2v) is 4.16. The first kappa shape index (κ1) is 10.0. The lowest BCUT2D eigenvalue weighted by Gasteiger charge is -2.26. The molecule has 1 heterocycles. The minimum absolute atomic E-state index is 0.199. The van der Waals surface area contributed by atoms with E-state index in [2.05, 4.69) is 25.7 Å². The van der Waals surface area contributed by atoms with Gasteiger partial charge in [0.2, 0.25) is 0 Å². The van der Waals surface area contributed by atoms with Gasteiger partial charge in [0.05, 0.1) is 0 Å². The van der Waals surface area contributed by atoms with Gasteiger partial charge in [0.25, 0.3) is 0 Å². The number of nitrogens with zero attached hydrogens (tertiary/aromatic N) is 1. The highest BCUT2D eigenvalue weighted by molar-refractivity contribution is 4.81. The highest BCUT2D eigenvalue weighted by Gasteiger charge is 2.29. The Bertz CT molecular complexity index is 138. The Labute approximate surface area is 75.6 Å². The van der Waals surface area contributed by atoms with Crippen LogP contribution in [-0.4, -0.2) is 28.8 Å². The maximum Gasteiger partial charge on any atom is 0.107 e. The predicted molar refractivity (Wildman–Crippen MR) is 50.9 cm³/mol. The number of rotatable bonds is 3. The third-order valence-electron chi connectivity index (χ3n) is 2.76. The summed E-state index contributed by atoms with van der Waals surface area (Å²) in [4.78, 5) is 2.23. The Morgan fingerprint density at radius 3 is 2.58 bits per heavy atom. The zero-order valence-electron chi connectivity index (χ0n) is 8.45. The Balaban J connectivity index is 2.40. The lowest BCUT2D eigenvalue weighted by molar-refractivity contribution is -0.00850. The summed E-state index contributed by atoms with van der Waals surface area (Å²) in [6.07, 6.45) is 3.02. The van der Waals surface area contributed by atoms with Crippen LogP contribution in [0.25, 0.3) is 0 Å². The van der Waals surface area contributed by atoms with E-state index in [1.54, 1.807) is 0 Å². The molecule has 12 heavy (non-hydrogen) atoms. The van der Waals surface area contributed by atoms with E-state index in [1.165, 1.54) is 6.42 Å². The Morgan fingerprint density at radius 1 is 1.50 bits per heavy atom. The SMILES string of the molecule is CCCC(O)N1C[C@@H](C)C[C@H]1C. The van der Waals surface area contributed by atoms with E-state index >= 15 is 0 Å². The molecule has 3 atom stereocenters. The first-order valence-electron chi connectivity index (χ1n) is 5.09. The molecule has 0 radical (unpaired) electrons. The molecule has 0 aromatic carbocycles. The second kappa shape index (κ2) is 4.24. The van der Waals surface area contributed by atoms with E-state index in [0.717, 1.165) is 25.3 Å². The zero-order valence-corrected chi connectivity index (χ0v) is 8.45. The van der Waals surface area contributed by atoms with Gasteiger partial charge in [-0.1, -0.05) is 20.3 Å². The molecule has 72 valence electrons. The van der Waals surface area contributed by atoms with Gasteiger partial charge < -0.3 is 5.11 Å². The van der Waals surface area contributed by atoms with Gasteiger partial charge in [0.15, 0.2) is 0 Å². The average Bonchev–Trinajstić information content (AvgIpc) is 2.30. The smallest absolute Gasteiger partial charge is 0.107 e. The van der Waals surface area contributed by atoms with Crippen molar-refractivity contribution in [3.63, 3.8) is 0 Å². The van der Waals surface area contributed by atoms with E-state index in [1.807, 2.05) is 0 Å². The molecule has 1 fully saturated rings. The summed E-state index contributed by atoms with van der Waals surface area (Å²) in [5.74, 6) is 0.756. The largest absolute Gasteiger partial charge is 0.378 e. The number of hydrogen-bond acceptors (Lipinski definition) is 2. The van der Waals surface area contributed by atoms with Gasteiger partial charge in [-0.3, -0.25) is 4.90 Å². The number of aliphatic hydroxyl groups excluding tert-OH is 1. The first-order chi connectivity index (χ1) is 5.65. The van der Waals surface area contributed by atoms with Crippen LogP contribution >= 0.6 is 0 Å². The van der Waals surface area contributed by atoms with Crippen LogP contribution in [0, 0.1) is 5.92 Å². The summed E-state index contributed by atoms with van der Waals surface area (Å²) in [5, 5.41) is 9.76. The molecule has 1 aliphatic heterocycles. The van der Waals surface area contributed by atoms with Crippen LogP contribution in [0.5, 0.6) is 0 Å². The summed E-state index contributed by atoms with van der Waals surface area (Å²) < 4.78 is 0. The van der Waals surface area contributed by atoms with Crippen LogP contribution in [0.4, 0.5) is 0 Å². The minimum atomic E-state index is -0.199. The fourth-order valence-corrected chi connectivity index (χ4v) is 2.17. The van der Waals surface area contributed by atoms with Crippen LogP contribution < -0.4 is 0 Å². The van der Waals surface area contributed by atoms with Crippen molar-refractivity contribution in [1.29, 1.82) is 0 Å². The van der Waals surface area contributed by atoms with Gasteiger partial charge in [-0.25, -0.2) is 0 Å². The number of aliphatic hydroxyl groups is 1. The zero-order chi connectivity index (χ0) is 9.14. The quantitative estimate of drug-likeness (QED) is 0.700. The molecule has 2 nitrogen and oxygen atoms in total. The normalized spacial score (nSPS) is 34.0. The number of likely N-dealkylation sites (tertiary alicyclic amines) is 1. The maximum atomic E-state index is 9.76. The molecule has 0 bridgehead atoms. The van der Waals surface area contributed by atoms with Crippen molar-refractivity contribution >= 4 is 0 Å². The molecular formula is C10H21NO. The third-order valence-corrected chi connectivity index (χ3v) is 2.76. The van der Waals surface area contributed by atoms with Gasteiger partial charge >= 0.3 is 0 Å². The van der Waals surface area contributed by atoms with E-state index in [9.17, 15) is 5.11 Å². The van der Waals surface area contributed by atoms with E-state index < -0.39 is 0 Å². The van der Waals surface area contributed by atoms with Crippen LogP contribution in [0.2, 0.25) is 0 Å². The lowest BCUT2D eigenvalue weighted by Crippen LogP contribution is -2.37. The molecule has 1 saturated heterocycles. The number of hydrogen-bond donors (Lipinski definition) is 1. The molecule has 0 spiro atoms. The molecule has 1 aliphatic rings. The van der Waals surface area contributed by atoms with Crippen molar-refractivity contribution in [2.24, 2.45) is 5.92 Å². The van der Waals surface area contributed by atoms with Gasteiger partial charge in [-0.15, -0.1) is 0 Å². The van der Waals surface area contributed by atoms with Gasteiger partial charge in [0.1, 0.15) is 6.23 Å². The molecule has 1 rings (SSSR count). The second-order valence-electron chi connectivity index (χ2n) is 4.16. The first-order valence-corrected chi connectivity index (χ1v) is 5.09. The van der Waals surface area contributed by atoms with Crippen molar-refractivity contribution in [3.05, 3.63) is 0 Å². The molecular weight excluding hydrogens is 150 g/mol. The molecule has 0 aliphatic carbocycles. The summed E-state index contributed by atoms with van der Waals surface area (Å²) in [5.41, 5.74) is 0. The molecule has 0 amide bonds. The maximum absolute atomic E-state index is 9.76. The van der Waals surface area contributed by atoms with E-state index in [0.29, 0.717) is 6.04 Å². The van der Waals surface area contributed by atoms with Crippen LogP contribution in [0.15, 0.2) is 0 Å². The van der Waals surface area contributed by atoms with E-state index in [-0.39, 0.29) is 6.23 Å². The van der Waals surface area contributed by atoms with E-state index in [4.69, 9.17) is 0 Å². The minimum Gasteiger partial charge on any atom is -0.378 e.